The molecule has 1 fully saturated rings. The van der Waals surface area contributed by atoms with E-state index in [0.29, 0.717) is 11.6 Å². The van der Waals surface area contributed by atoms with Crippen LogP contribution in [0, 0.1) is 0 Å². The van der Waals surface area contributed by atoms with E-state index in [0.717, 1.165) is 31.5 Å². The predicted molar refractivity (Wildman–Crippen MR) is 107 cm³/mol. The van der Waals surface area contributed by atoms with E-state index in [2.05, 4.69) is 29.6 Å². The van der Waals surface area contributed by atoms with Crippen molar-refractivity contribution in [3.05, 3.63) is 53.3 Å². The third-order valence-corrected chi connectivity index (χ3v) is 5.33. The number of carbonyl (C=O) groups excluding carboxylic acids is 1. The molecule has 5 nitrogen and oxygen atoms in total. The van der Waals surface area contributed by atoms with Crippen molar-refractivity contribution in [2.24, 2.45) is 0 Å². The van der Waals surface area contributed by atoms with Gasteiger partial charge in [-0.25, -0.2) is 0 Å². The molecule has 1 aliphatic rings. The molecule has 1 saturated heterocycles. The highest BCUT2D eigenvalue weighted by molar-refractivity contribution is 6.30. The smallest absolute Gasteiger partial charge is 0.248 e. The van der Waals surface area contributed by atoms with Crippen molar-refractivity contribution in [3.8, 4) is 0 Å². The van der Waals surface area contributed by atoms with E-state index >= 15 is 0 Å². The van der Waals surface area contributed by atoms with Gasteiger partial charge in [0.25, 0.3) is 0 Å². The Kier molecular flexibility index (Phi) is 6.72. The van der Waals surface area contributed by atoms with Crippen LogP contribution in [0.4, 0.5) is 0 Å². The van der Waals surface area contributed by atoms with E-state index in [1.54, 1.807) is 6.20 Å². The summed E-state index contributed by atoms with van der Waals surface area (Å²) in [4.78, 5) is 13.1. The summed E-state index contributed by atoms with van der Waals surface area (Å²) in [7, 11) is 0. The number of nitrogens with one attached hydrogen (secondary N) is 2. The molecule has 0 atom stereocenters. The molecule has 1 aromatic carbocycles. The van der Waals surface area contributed by atoms with Gasteiger partial charge in [-0.3, -0.25) is 9.48 Å². The third-order valence-electron chi connectivity index (χ3n) is 5.09. The Labute approximate surface area is 165 Å². The van der Waals surface area contributed by atoms with Crippen LogP contribution in [0.25, 0.3) is 0 Å². The van der Waals surface area contributed by atoms with Crippen molar-refractivity contribution in [2.75, 3.05) is 19.6 Å². The fraction of sp³-hybridized carbons (Fsp3) is 0.474. The molecule has 0 saturated carbocycles. The second-order valence-electron chi connectivity index (χ2n) is 7.31. The maximum Gasteiger partial charge on any atom is 0.248 e. The van der Waals surface area contributed by atoms with E-state index < -0.39 is 5.54 Å². The van der Waals surface area contributed by atoms with Crippen molar-refractivity contribution in [1.29, 1.82) is 0 Å². The van der Waals surface area contributed by atoms with E-state index in [-0.39, 0.29) is 23.7 Å². The topological polar surface area (TPSA) is 59.0 Å². The molecule has 2 heterocycles. The minimum Gasteiger partial charge on any atom is -0.353 e. The number of hydrogen-bond donors (Lipinski definition) is 2. The number of piperidine rings is 1. The highest BCUT2D eigenvalue weighted by atomic mass is 35.5. The summed E-state index contributed by atoms with van der Waals surface area (Å²) < 4.78 is 1.82. The van der Waals surface area contributed by atoms with Crippen LogP contribution in [0.15, 0.2) is 42.7 Å². The Bertz CT molecular complexity index is 725. The molecule has 1 amide bonds. The fourth-order valence-electron chi connectivity index (χ4n) is 3.40. The SMILES string of the molecule is CC(C)(CNC(=O)C1(n2cccn2)CCNCC1)c1cccc(Cl)c1.Cl. The van der Waals surface area contributed by atoms with E-state index in [9.17, 15) is 4.79 Å². The van der Waals surface area contributed by atoms with Gasteiger partial charge in [-0.05, 0) is 49.7 Å². The summed E-state index contributed by atoms with van der Waals surface area (Å²) >= 11 is 6.12. The van der Waals surface area contributed by atoms with Gasteiger partial charge < -0.3 is 10.6 Å². The minimum atomic E-state index is -0.612. The number of nitrogens with zero attached hydrogens (tertiary/aromatic N) is 2. The lowest BCUT2D eigenvalue weighted by Gasteiger charge is -2.37. The molecular formula is C19H26Cl2N4O. The number of aromatic nitrogens is 2. The maximum atomic E-state index is 13.1. The van der Waals surface area contributed by atoms with E-state index in [4.69, 9.17) is 11.6 Å². The summed E-state index contributed by atoms with van der Waals surface area (Å²) in [5.41, 5.74) is 0.288. The molecule has 0 bridgehead atoms. The second-order valence-corrected chi connectivity index (χ2v) is 7.75. The quantitative estimate of drug-likeness (QED) is 0.815. The maximum absolute atomic E-state index is 13.1. The molecule has 7 heteroatoms. The predicted octanol–water partition coefficient (Wildman–Crippen LogP) is 3.13. The summed E-state index contributed by atoms with van der Waals surface area (Å²) in [5, 5.41) is 11.6. The molecule has 1 aliphatic heterocycles. The fourth-order valence-corrected chi connectivity index (χ4v) is 3.59. The molecule has 2 aromatic rings. The van der Waals surface area contributed by atoms with Gasteiger partial charge in [0, 0.05) is 29.4 Å². The van der Waals surface area contributed by atoms with Crippen LogP contribution in [0.2, 0.25) is 5.02 Å². The first kappa shape index (κ1) is 20.7. The summed E-state index contributed by atoms with van der Waals surface area (Å²) in [6.07, 6.45) is 5.08. The van der Waals surface area contributed by atoms with Gasteiger partial charge in [-0.1, -0.05) is 37.6 Å². The first-order valence-corrected chi connectivity index (χ1v) is 9.07. The van der Waals surface area contributed by atoms with Crippen LogP contribution in [-0.4, -0.2) is 35.3 Å². The largest absolute Gasteiger partial charge is 0.353 e. The van der Waals surface area contributed by atoms with Gasteiger partial charge >= 0.3 is 0 Å². The van der Waals surface area contributed by atoms with Crippen LogP contribution in [-0.2, 0) is 15.7 Å². The molecule has 1 aromatic heterocycles. The molecule has 0 radical (unpaired) electrons. The zero-order valence-electron chi connectivity index (χ0n) is 15.2. The third kappa shape index (κ3) is 4.22. The van der Waals surface area contributed by atoms with Crippen molar-refractivity contribution >= 4 is 29.9 Å². The lowest BCUT2D eigenvalue weighted by Crippen LogP contribution is -2.56. The van der Waals surface area contributed by atoms with Crippen LogP contribution in [0.3, 0.4) is 0 Å². The number of carbonyl (C=O) groups is 1. The minimum absolute atomic E-state index is 0. The highest BCUT2D eigenvalue weighted by Crippen LogP contribution is 2.29. The highest BCUT2D eigenvalue weighted by Gasteiger charge is 2.42. The Hall–Kier alpha value is -1.56. The first-order chi connectivity index (χ1) is 11.9. The number of hydrogen-bond acceptors (Lipinski definition) is 3. The van der Waals surface area contributed by atoms with Gasteiger partial charge in [0.1, 0.15) is 5.54 Å². The van der Waals surface area contributed by atoms with Gasteiger partial charge in [-0.15, -0.1) is 12.4 Å². The van der Waals surface area contributed by atoms with Gasteiger partial charge in [0.05, 0.1) is 0 Å². The Morgan fingerprint density at radius 3 is 2.69 bits per heavy atom. The van der Waals surface area contributed by atoms with Crippen molar-refractivity contribution in [2.45, 2.75) is 37.6 Å². The summed E-state index contributed by atoms with van der Waals surface area (Å²) in [6.45, 7) is 6.39. The Morgan fingerprint density at radius 1 is 1.35 bits per heavy atom. The van der Waals surface area contributed by atoms with Crippen LogP contribution in [0.5, 0.6) is 0 Å². The molecule has 2 N–H and O–H groups in total. The summed E-state index contributed by atoms with van der Waals surface area (Å²) in [6, 6.07) is 9.68. The molecule has 0 aliphatic carbocycles. The van der Waals surface area contributed by atoms with Gasteiger partial charge in [0.2, 0.25) is 5.91 Å². The zero-order valence-corrected chi connectivity index (χ0v) is 16.7. The number of amides is 1. The molecule has 26 heavy (non-hydrogen) atoms. The molecule has 0 spiro atoms. The number of benzene rings is 1. The van der Waals surface area contributed by atoms with Crippen molar-refractivity contribution in [1.82, 2.24) is 20.4 Å². The molecule has 3 rings (SSSR count). The summed E-state index contributed by atoms with van der Waals surface area (Å²) in [5.74, 6) is 0.0350. The Morgan fingerprint density at radius 2 is 2.08 bits per heavy atom. The zero-order chi connectivity index (χ0) is 17.9. The van der Waals surface area contributed by atoms with Gasteiger partial charge in [-0.2, -0.15) is 5.10 Å². The normalized spacial score (nSPS) is 16.6. The standard InChI is InChI=1S/C19H25ClN4O.ClH/c1-18(2,15-5-3-6-16(20)13-15)14-22-17(25)19(7-10-21-11-8-19)24-12-4-9-23-24;/h3-6,9,12-13,21H,7-8,10-11,14H2,1-2H3,(H,22,25);1H. The van der Waals surface area contributed by atoms with Crippen molar-refractivity contribution < 1.29 is 4.79 Å². The monoisotopic (exact) mass is 396 g/mol. The lowest BCUT2D eigenvalue weighted by atomic mass is 9.83. The average Bonchev–Trinajstić information content (AvgIpc) is 3.15. The molecule has 0 unspecified atom stereocenters. The van der Waals surface area contributed by atoms with Crippen LogP contribution >= 0.6 is 24.0 Å². The number of rotatable bonds is 5. The molecule has 142 valence electrons. The second kappa shape index (κ2) is 8.42. The van der Waals surface area contributed by atoms with E-state index in [1.165, 1.54) is 0 Å². The Balaban J connectivity index is 0.00000243. The first-order valence-electron chi connectivity index (χ1n) is 8.69. The molecular weight excluding hydrogens is 371 g/mol. The van der Waals surface area contributed by atoms with Crippen molar-refractivity contribution in [3.63, 3.8) is 0 Å². The van der Waals surface area contributed by atoms with Gasteiger partial charge in [0.15, 0.2) is 0 Å². The van der Waals surface area contributed by atoms with E-state index in [1.807, 2.05) is 41.2 Å². The van der Waals surface area contributed by atoms with Crippen LogP contribution < -0.4 is 10.6 Å². The lowest BCUT2D eigenvalue weighted by molar-refractivity contribution is -0.132. The van der Waals surface area contributed by atoms with Crippen LogP contribution in [0.1, 0.15) is 32.3 Å². The number of halogens is 2. The average molecular weight is 397 g/mol.